The van der Waals surface area contributed by atoms with E-state index in [0.717, 1.165) is 24.0 Å². The fourth-order valence-electron chi connectivity index (χ4n) is 3.78. The molecule has 0 spiro atoms. The molecule has 4 aromatic rings. The molecular weight excluding hydrogens is 414 g/mol. The number of Topliss-reactive ketones (excluding diaryl/α,β-unsaturated/α-hetero) is 1. The lowest BCUT2D eigenvalue weighted by molar-refractivity contribution is 0.0972. The summed E-state index contributed by atoms with van der Waals surface area (Å²) in [5, 5.41) is 12.6. The van der Waals surface area contributed by atoms with Gasteiger partial charge in [0.2, 0.25) is 0 Å². The lowest BCUT2D eigenvalue weighted by atomic mass is 9.91. The number of aryl methyl sites for hydroxylation is 2. The Labute approximate surface area is 179 Å². The van der Waals surface area contributed by atoms with E-state index >= 15 is 0 Å². The average molecular weight is 433 g/mol. The minimum Gasteiger partial charge on any atom is -0.294 e. The van der Waals surface area contributed by atoms with Crippen molar-refractivity contribution in [1.29, 1.82) is 0 Å². The van der Waals surface area contributed by atoms with Crippen LogP contribution >= 0.6 is 0 Å². The van der Waals surface area contributed by atoms with E-state index in [2.05, 4.69) is 20.0 Å². The minimum absolute atomic E-state index is 0.00829. The van der Waals surface area contributed by atoms with Gasteiger partial charge in [-0.05, 0) is 61.7 Å². The summed E-state index contributed by atoms with van der Waals surface area (Å²) >= 11 is 0. The molecule has 1 aliphatic rings. The second kappa shape index (κ2) is 7.28. The summed E-state index contributed by atoms with van der Waals surface area (Å²) in [7, 11) is -3.85. The number of carbonyl (C=O) groups is 1. The van der Waals surface area contributed by atoms with Crippen LogP contribution in [0.2, 0.25) is 0 Å². The Balaban J connectivity index is 1.46. The van der Waals surface area contributed by atoms with Crippen molar-refractivity contribution in [3.63, 3.8) is 0 Å². The van der Waals surface area contributed by atoms with Gasteiger partial charge in [0.05, 0.1) is 10.6 Å². The van der Waals surface area contributed by atoms with E-state index in [1.807, 2.05) is 25.1 Å². The largest absolute Gasteiger partial charge is 0.294 e. The van der Waals surface area contributed by atoms with Crippen LogP contribution in [-0.2, 0) is 16.4 Å². The lowest BCUT2D eigenvalue weighted by Crippen LogP contribution is -2.16. The molecule has 8 nitrogen and oxygen atoms in total. The van der Waals surface area contributed by atoms with Crippen LogP contribution in [0.5, 0.6) is 0 Å². The first-order valence-corrected chi connectivity index (χ1v) is 11.4. The smallest absolute Gasteiger partial charge is 0.261 e. The van der Waals surface area contributed by atoms with E-state index in [0.29, 0.717) is 34.8 Å². The maximum atomic E-state index is 13.0. The fraction of sp³-hybridized carbons (Fsp3) is 0.182. The third kappa shape index (κ3) is 3.57. The van der Waals surface area contributed by atoms with Crippen LogP contribution < -0.4 is 4.72 Å². The number of ketones is 1. The van der Waals surface area contributed by atoms with Gasteiger partial charge in [-0.1, -0.05) is 18.2 Å². The third-order valence-corrected chi connectivity index (χ3v) is 6.75. The normalized spacial score (nSPS) is 13.9. The quantitative estimate of drug-likeness (QED) is 0.529. The Hall–Kier alpha value is -3.59. The molecule has 9 heteroatoms. The predicted molar refractivity (Wildman–Crippen MR) is 115 cm³/mol. The molecule has 1 aliphatic carbocycles. The molecule has 0 bridgehead atoms. The van der Waals surface area contributed by atoms with Crippen LogP contribution in [0.25, 0.3) is 16.9 Å². The van der Waals surface area contributed by atoms with E-state index in [1.54, 1.807) is 34.8 Å². The van der Waals surface area contributed by atoms with Gasteiger partial charge in [0.15, 0.2) is 17.3 Å². The summed E-state index contributed by atoms with van der Waals surface area (Å²) in [5.41, 5.74) is 3.86. The Kier molecular flexibility index (Phi) is 4.55. The number of nitrogens with one attached hydrogen (secondary N) is 1. The number of anilines is 1. The average Bonchev–Trinajstić information content (AvgIpc) is 3.14. The molecule has 0 saturated carbocycles. The lowest BCUT2D eigenvalue weighted by Gasteiger charge is -2.16. The van der Waals surface area contributed by atoms with Crippen LogP contribution in [0.15, 0.2) is 59.5 Å². The number of benzene rings is 2. The predicted octanol–water partition coefficient (Wildman–Crippen LogP) is 3.42. The second-order valence-electron chi connectivity index (χ2n) is 7.52. The molecule has 0 radical (unpaired) electrons. The van der Waals surface area contributed by atoms with E-state index in [-0.39, 0.29) is 10.7 Å². The highest BCUT2D eigenvalue weighted by Gasteiger charge is 2.22. The number of fused-ring (bicyclic) bond motifs is 2. The number of hydrogen-bond donors (Lipinski definition) is 1. The molecule has 2 aromatic carbocycles. The number of sulfonamides is 1. The van der Waals surface area contributed by atoms with Crippen molar-refractivity contribution in [3.05, 3.63) is 71.5 Å². The first kappa shape index (κ1) is 19.4. The Morgan fingerprint density at radius 3 is 2.74 bits per heavy atom. The van der Waals surface area contributed by atoms with Crippen LogP contribution in [0.1, 0.15) is 34.6 Å². The molecular formula is C22H19N5O3S. The molecule has 0 saturated heterocycles. The van der Waals surface area contributed by atoms with Crippen molar-refractivity contribution in [2.24, 2.45) is 0 Å². The van der Waals surface area contributed by atoms with Crippen LogP contribution in [-0.4, -0.2) is 34.0 Å². The Morgan fingerprint density at radius 2 is 1.87 bits per heavy atom. The summed E-state index contributed by atoms with van der Waals surface area (Å²) in [4.78, 5) is 12.3. The molecule has 2 heterocycles. The number of nitrogens with zero attached hydrogens (tertiary/aromatic N) is 4. The molecule has 0 unspecified atom stereocenters. The van der Waals surface area contributed by atoms with Crippen LogP contribution in [0.4, 0.5) is 5.69 Å². The highest BCUT2D eigenvalue weighted by Crippen LogP contribution is 2.27. The van der Waals surface area contributed by atoms with Gasteiger partial charge in [-0.25, -0.2) is 8.42 Å². The van der Waals surface area contributed by atoms with E-state index in [1.165, 1.54) is 6.07 Å². The van der Waals surface area contributed by atoms with Crippen molar-refractivity contribution in [3.8, 4) is 11.3 Å². The zero-order valence-electron chi connectivity index (χ0n) is 16.7. The molecule has 0 aliphatic heterocycles. The zero-order chi connectivity index (χ0) is 21.6. The molecule has 0 fully saturated rings. The number of carbonyl (C=O) groups excluding carboxylic acids is 1. The Morgan fingerprint density at radius 1 is 1.00 bits per heavy atom. The molecule has 156 valence electrons. The van der Waals surface area contributed by atoms with Crippen LogP contribution in [0, 0.1) is 6.92 Å². The minimum atomic E-state index is -3.85. The van der Waals surface area contributed by atoms with Crippen molar-refractivity contribution < 1.29 is 13.2 Å². The summed E-state index contributed by atoms with van der Waals surface area (Å²) in [5.74, 6) is 0.654. The number of hydrogen-bond acceptors (Lipinski definition) is 6. The molecule has 2 aromatic heterocycles. The second-order valence-corrected chi connectivity index (χ2v) is 9.20. The zero-order valence-corrected chi connectivity index (χ0v) is 17.6. The summed E-state index contributed by atoms with van der Waals surface area (Å²) in [6.45, 7) is 1.81. The van der Waals surface area contributed by atoms with Gasteiger partial charge < -0.3 is 0 Å². The highest BCUT2D eigenvalue weighted by molar-refractivity contribution is 7.92. The first-order chi connectivity index (χ1) is 14.9. The summed E-state index contributed by atoms with van der Waals surface area (Å²) < 4.78 is 30.2. The summed E-state index contributed by atoms with van der Waals surface area (Å²) in [6, 6.07) is 15.4. The Bertz CT molecular complexity index is 1440. The van der Waals surface area contributed by atoms with Crippen molar-refractivity contribution >= 4 is 27.1 Å². The van der Waals surface area contributed by atoms with Crippen LogP contribution in [0.3, 0.4) is 0 Å². The van der Waals surface area contributed by atoms with Gasteiger partial charge in [0.1, 0.15) is 0 Å². The SMILES string of the molecule is Cc1nnc2ccc(-c3cccc(NS(=O)(=O)c4ccc5c(c4)C(=O)CCC5)c3)nn12. The van der Waals surface area contributed by atoms with Gasteiger partial charge in [-0.3, -0.25) is 9.52 Å². The van der Waals surface area contributed by atoms with Gasteiger partial charge >= 0.3 is 0 Å². The molecule has 5 rings (SSSR count). The summed E-state index contributed by atoms with van der Waals surface area (Å²) in [6.07, 6.45) is 2.05. The first-order valence-electron chi connectivity index (χ1n) is 9.89. The fourth-order valence-corrected chi connectivity index (χ4v) is 4.86. The molecule has 1 N–H and O–H groups in total. The van der Waals surface area contributed by atoms with Gasteiger partial charge in [-0.15, -0.1) is 10.2 Å². The molecule has 0 atom stereocenters. The molecule has 31 heavy (non-hydrogen) atoms. The maximum absolute atomic E-state index is 13.0. The highest BCUT2D eigenvalue weighted by atomic mass is 32.2. The maximum Gasteiger partial charge on any atom is 0.261 e. The van der Waals surface area contributed by atoms with Gasteiger partial charge in [-0.2, -0.15) is 9.61 Å². The standard InChI is InChI=1S/C22H19N5O3S/c1-14-23-24-22-11-10-20(25-27(14)22)16-5-2-6-17(12-16)26-31(29,30)18-9-8-15-4-3-7-21(28)19(15)13-18/h2,5-6,8-13,26H,3-4,7H2,1H3. The number of rotatable bonds is 4. The van der Waals surface area contributed by atoms with E-state index in [4.69, 9.17) is 0 Å². The topological polar surface area (TPSA) is 106 Å². The van der Waals surface area contributed by atoms with E-state index in [9.17, 15) is 13.2 Å². The monoisotopic (exact) mass is 433 g/mol. The van der Waals surface area contributed by atoms with Gasteiger partial charge in [0.25, 0.3) is 10.0 Å². The number of aromatic nitrogens is 4. The third-order valence-electron chi connectivity index (χ3n) is 5.37. The van der Waals surface area contributed by atoms with Gasteiger partial charge in [0, 0.05) is 23.2 Å². The van der Waals surface area contributed by atoms with Crippen molar-refractivity contribution in [2.45, 2.75) is 31.1 Å². The molecule has 0 amide bonds. The van der Waals surface area contributed by atoms with E-state index < -0.39 is 10.0 Å². The van der Waals surface area contributed by atoms with Crippen molar-refractivity contribution in [1.82, 2.24) is 19.8 Å². The van der Waals surface area contributed by atoms with Crippen molar-refractivity contribution in [2.75, 3.05) is 4.72 Å².